The van der Waals surface area contributed by atoms with Crippen molar-refractivity contribution in [2.75, 3.05) is 0 Å². The van der Waals surface area contributed by atoms with E-state index in [-0.39, 0.29) is 5.91 Å². The van der Waals surface area contributed by atoms with Crippen LogP contribution >= 0.6 is 27.5 Å². The van der Waals surface area contributed by atoms with Crippen molar-refractivity contribution in [2.45, 2.75) is 13.0 Å². The van der Waals surface area contributed by atoms with Gasteiger partial charge < -0.3 is 5.32 Å². The molecular formula is C10H8BrClN2O. The lowest BCUT2D eigenvalue weighted by Gasteiger charge is -2.06. The third-order valence-electron chi connectivity index (χ3n) is 1.72. The smallest absolute Gasteiger partial charge is 0.252 e. The number of amides is 1. The summed E-state index contributed by atoms with van der Waals surface area (Å²) >= 11 is 9.06. The van der Waals surface area contributed by atoms with Gasteiger partial charge in [-0.15, -0.1) is 0 Å². The van der Waals surface area contributed by atoms with Crippen molar-refractivity contribution in [1.82, 2.24) is 5.32 Å². The first kappa shape index (κ1) is 12.0. The summed E-state index contributed by atoms with van der Waals surface area (Å²) in [5.74, 6) is -0.307. The van der Waals surface area contributed by atoms with Crippen LogP contribution in [0, 0.1) is 11.3 Å². The zero-order chi connectivity index (χ0) is 11.4. The Morgan fingerprint density at radius 2 is 2.33 bits per heavy atom. The summed E-state index contributed by atoms with van der Waals surface area (Å²) in [6, 6.07) is 6.27. The monoisotopic (exact) mass is 286 g/mol. The van der Waals surface area contributed by atoms with Gasteiger partial charge in [-0.05, 0) is 41.1 Å². The first-order valence-electron chi connectivity index (χ1n) is 4.20. The van der Waals surface area contributed by atoms with E-state index in [1.54, 1.807) is 25.1 Å². The van der Waals surface area contributed by atoms with Crippen molar-refractivity contribution in [3.8, 4) is 6.07 Å². The van der Waals surface area contributed by atoms with E-state index >= 15 is 0 Å². The minimum atomic E-state index is -0.514. The molecule has 0 spiro atoms. The maximum Gasteiger partial charge on any atom is 0.252 e. The highest BCUT2D eigenvalue weighted by atomic mass is 79.9. The topological polar surface area (TPSA) is 52.9 Å². The van der Waals surface area contributed by atoms with Crippen LogP contribution in [0.2, 0.25) is 5.02 Å². The van der Waals surface area contributed by atoms with Crippen LogP contribution in [-0.4, -0.2) is 11.9 Å². The van der Waals surface area contributed by atoms with Gasteiger partial charge in [0.15, 0.2) is 0 Å². The predicted molar refractivity (Wildman–Crippen MR) is 61.7 cm³/mol. The standard InChI is InChI=1S/C10H8BrClN2O/c1-6(5-13)14-10(15)7-2-3-8(11)9(12)4-7/h2-4,6H,1H3,(H,14,15). The first-order valence-corrected chi connectivity index (χ1v) is 5.37. The third-order valence-corrected chi connectivity index (χ3v) is 2.96. The molecule has 1 N–H and O–H groups in total. The molecule has 3 nitrogen and oxygen atoms in total. The van der Waals surface area contributed by atoms with Crippen molar-refractivity contribution in [3.63, 3.8) is 0 Å². The van der Waals surface area contributed by atoms with Gasteiger partial charge in [0.2, 0.25) is 0 Å². The fourth-order valence-corrected chi connectivity index (χ4v) is 1.38. The van der Waals surface area contributed by atoms with Gasteiger partial charge in [0.1, 0.15) is 6.04 Å². The van der Waals surface area contributed by atoms with Crippen LogP contribution in [0.4, 0.5) is 0 Å². The van der Waals surface area contributed by atoms with E-state index in [0.29, 0.717) is 10.6 Å². The lowest BCUT2D eigenvalue weighted by atomic mass is 10.2. The third kappa shape index (κ3) is 3.22. The highest BCUT2D eigenvalue weighted by Crippen LogP contribution is 2.23. The molecule has 0 bridgehead atoms. The van der Waals surface area contributed by atoms with E-state index in [1.165, 1.54) is 0 Å². The van der Waals surface area contributed by atoms with Crippen LogP contribution in [-0.2, 0) is 0 Å². The van der Waals surface area contributed by atoms with E-state index < -0.39 is 6.04 Å². The first-order chi connectivity index (χ1) is 7.04. The maximum absolute atomic E-state index is 11.5. The van der Waals surface area contributed by atoms with Gasteiger partial charge in [0.05, 0.1) is 11.1 Å². The minimum Gasteiger partial charge on any atom is -0.337 e. The van der Waals surface area contributed by atoms with Crippen LogP contribution in [0.25, 0.3) is 0 Å². The number of nitrogens with one attached hydrogen (secondary N) is 1. The molecule has 0 aliphatic carbocycles. The second-order valence-corrected chi connectivity index (χ2v) is 4.21. The molecule has 0 saturated carbocycles. The second-order valence-electron chi connectivity index (χ2n) is 2.95. The molecule has 1 atom stereocenters. The van der Waals surface area contributed by atoms with Crippen molar-refractivity contribution in [3.05, 3.63) is 33.3 Å². The molecule has 1 rings (SSSR count). The summed E-state index contributed by atoms with van der Waals surface area (Å²) in [5.41, 5.74) is 0.435. The number of hydrogen-bond acceptors (Lipinski definition) is 2. The normalized spacial score (nSPS) is 11.6. The number of nitrogens with zero attached hydrogens (tertiary/aromatic N) is 1. The van der Waals surface area contributed by atoms with Gasteiger partial charge in [-0.1, -0.05) is 11.6 Å². The van der Waals surface area contributed by atoms with Gasteiger partial charge in [0, 0.05) is 10.0 Å². The average molecular weight is 288 g/mol. The summed E-state index contributed by atoms with van der Waals surface area (Å²) in [5, 5.41) is 11.5. The molecule has 0 fully saturated rings. The van der Waals surface area contributed by atoms with Crippen molar-refractivity contribution in [1.29, 1.82) is 5.26 Å². The molecule has 0 aromatic heterocycles. The Labute approximate surface area is 101 Å². The SMILES string of the molecule is CC(C#N)NC(=O)c1ccc(Br)c(Cl)c1. The van der Waals surface area contributed by atoms with Crippen LogP contribution in [0.1, 0.15) is 17.3 Å². The molecular weight excluding hydrogens is 279 g/mol. The molecule has 0 radical (unpaired) electrons. The van der Waals surface area contributed by atoms with Crippen LogP contribution in [0.5, 0.6) is 0 Å². The molecule has 0 aliphatic heterocycles. The summed E-state index contributed by atoms with van der Waals surface area (Å²) < 4.78 is 0.731. The van der Waals surface area contributed by atoms with E-state index in [0.717, 1.165) is 4.47 Å². The molecule has 5 heteroatoms. The Hall–Kier alpha value is -1.05. The number of rotatable bonds is 2. The zero-order valence-corrected chi connectivity index (χ0v) is 10.3. The molecule has 0 aliphatic rings. The highest BCUT2D eigenvalue weighted by Gasteiger charge is 2.10. The quantitative estimate of drug-likeness (QED) is 0.909. The zero-order valence-electron chi connectivity index (χ0n) is 7.92. The molecule has 78 valence electrons. The Morgan fingerprint density at radius 3 is 2.87 bits per heavy atom. The highest BCUT2D eigenvalue weighted by molar-refractivity contribution is 9.10. The van der Waals surface area contributed by atoms with Crippen molar-refractivity contribution < 1.29 is 4.79 Å². The summed E-state index contributed by atoms with van der Waals surface area (Å²) in [6.07, 6.45) is 0. The summed E-state index contributed by atoms with van der Waals surface area (Å²) in [4.78, 5) is 11.5. The molecule has 1 unspecified atom stereocenters. The molecule has 15 heavy (non-hydrogen) atoms. The lowest BCUT2D eigenvalue weighted by molar-refractivity contribution is 0.0948. The van der Waals surface area contributed by atoms with Gasteiger partial charge in [-0.3, -0.25) is 4.79 Å². The molecule has 1 amide bonds. The number of hydrogen-bond donors (Lipinski definition) is 1. The molecule has 1 aromatic rings. The molecule has 0 heterocycles. The fourth-order valence-electron chi connectivity index (χ4n) is 0.950. The fraction of sp³-hybridized carbons (Fsp3) is 0.200. The van der Waals surface area contributed by atoms with Gasteiger partial charge in [-0.25, -0.2) is 0 Å². The lowest BCUT2D eigenvalue weighted by Crippen LogP contribution is -2.31. The predicted octanol–water partition coefficient (Wildman–Crippen LogP) is 2.74. The van der Waals surface area contributed by atoms with Gasteiger partial charge >= 0.3 is 0 Å². The van der Waals surface area contributed by atoms with E-state index in [1.807, 2.05) is 6.07 Å². The molecule has 0 saturated heterocycles. The van der Waals surface area contributed by atoms with Crippen molar-refractivity contribution in [2.24, 2.45) is 0 Å². The van der Waals surface area contributed by atoms with Crippen molar-refractivity contribution >= 4 is 33.4 Å². The van der Waals surface area contributed by atoms with Crippen LogP contribution in [0.3, 0.4) is 0 Å². The van der Waals surface area contributed by atoms with Gasteiger partial charge in [-0.2, -0.15) is 5.26 Å². The average Bonchev–Trinajstić information content (AvgIpc) is 2.21. The Balaban J connectivity index is 2.84. The van der Waals surface area contributed by atoms with Crippen LogP contribution in [0.15, 0.2) is 22.7 Å². The molecule has 1 aromatic carbocycles. The Kier molecular flexibility index (Phi) is 4.13. The van der Waals surface area contributed by atoms with Gasteiger partial charge in [0.25, 0.3) is 5.91 Å². The number of benzene rings is 1. The Morgan fingerprint density at radius 1 is 1.67 bits per heavy atom. The number of halogens is 2. The van der Waals surface area contributed by atoms with E-state index in [4.69, 9.17) is 16.9 Å². The minimum absolute atomic E-state index is 0.307. The van der Waals surface area contributed by atoms with Crippen LogP contribution < -0.4 is 5.32 Å². The number of carbonyl (C=O) groups is 1. The number of carbonyl (C=O) groups excluding carboxylic acids is 1. The van der Waals surface area contributed by atoms with E-state index in [2.05, 4.69) is 21.2 Å². The largest absolute Gasteiger partial charge is 0.337 e. The summed E-state index contributed by atoms with van der Waals surface area (Å²) in [7, 11) is 0. The maximum atomic E-state index is 11.5. The summed E-state index contributed by atoms with van der Waals surface area (Å²) in [6.45, 7) is 1.61. The second kappa shape index (κ2) is 5.15. The number of nitriles is 1. The van der Waals surface area contributed by atoms with E-state index in [9.17, 15) is 4.79 Å². The Bertz CT molecular complexity index is 428.